The van der Waals surface area contributed by atoms with Crippen LogP contribution in [0.25, 0.3) is 0 Å². The smallest absolute Gasteiger partial charge is 0.262 e. The van der Waals surface area contributed by atoms with Crippen LogP contribution in [0.2, 0.25) is 5.02 Å². The number of rotatable bonds is 6. The molecule has 160 valence electrons. The van der Waals surface area contributed by atoms with Gasteiger partial charge in [-0.25, -0.2) is 0 Å². The van der Waals surface area contributed by atoms with E-state index in [2.05, 4.69) is 10.2 Å². The van der Waals surface area contributed by atoms with E-state index in [4.69, 9.17) is 11.6 Å². The molecule has 2 amide bonds. The maximum absolute atomic E-state index is 13.4. The van der Waals surface area contributed by atoms with E-state index < -0.39 is 6.04 Å². The molecule has 1 N–H and O–H groups in total. The third-order valence-electron chi connectivity index (χ3n) is 5.40. The van der Waals surface area contributed by atoms with Crippen LogP contribution in [0.5, 0.6) is 0 Å². The predicted molar refractivity (Wildman–Crippen MR) is 126 cm³/mol. The molecule has 1 atom stereocenters. The SMILES string of the molecule is O=C(N[C@@H](Cc1ccccc1)C(=O)N1CCN(c2cccc(Cl)c2)CC1)c1cccs1. The average molecular weight is 454 g/mol. The zero-order valence-corrected chi connectivity index (χ0v) is 18.6. The Kier molecular flexibility index (Phi) is 6.89. The van der Waals surface area contributed by atoms with E-state index in [0.717, 1.165) is 24.3 Å². The van der Waals surface area contributed by atoms with Crippen molar-refractivity contribution in [1.82, 2.24) is 10.2 Å². The lowest BCUT2D eigenvalue weighted by Gasteiger charge is -2.37. The number of nitrogens with one attached hydrogen (secondary N) is 1. The molecule has 7 heteroatoms. The average Bonchev–Trinajstić information content (AvgIpc) is 3.34. The van der Waals surface area contributed by atoms with E-state index in [9.17, 15) is 9.59 Å². The highest BCUT2D eigenvalue weighted by Crippen LogP contribution is 2.21. The summed E-state index contributed by atoms with van der Waals surface area (Å²) < 4.78 is 0. The number of carbonyl (C=O) groups excluding carboxylic acids is 2. The lowest BCUT2D eigenvalue weighted by molar-refractivity contribution is -0.133. The number of anilines is 1. The van der Waals surface area contributed by atoms with Crippen molar-refractivity contribution in [3.8, 4) is 0 Å². The van der Waals surface area contributed by atoms with Gasteiger partial charge in [-0.2, -0.15) is 0 Å². The minimum atomic E-state index is -0.602. The molecule has 31 heavy (non-hydrogen) atoms. The van der Waals surface area contributed by atoms with Gasteiger partial charge >= 0.3 is 0 Å². The van der Waals surface area contributed by atoms with Gasteiger partial charge in [0.2, 0.25) is 5.91 Å². The van der Waals surface area contributed by atoms with Crippen LogP contribution in [0.3, 0.4) is 0 Å². The van der Waals surface area contributed by atoms with Crippen molar-refractivity contribution in [3.63, 3.8) is 0 Å². The normalized spacial score (nSPS) is 14.9. The second-order valence-electron chi connectivity index (χ2n) is 7.49. The molecular weight excluding hydrogens is 430 g/mol. The summed E-state index contributed by atoms with van der Waals surface area (Å²) in [4.78, 5) is 30.7. The minimum absolute atomic E-state index is 0.0421. The first-order chi connectivity index (χ1) is 15.1. The number of piperazine rings is 1. The molecule has 0 spiro atoms. The van der Waals surface area contributed by atoms with Crippen molar-refractivity contribution in [3.05, 3.63) is 87.6 Å². The van der Waals surface area contributed by atoms with Crippen LogP contribution in [0.15, 0.2) is 72.1 Å². The van der Waals surface area contributed by atoms with E-state index >= 15 is 0 Å². The summed E-state index contributed by atoms with van der Waals surface area (Å²) in [6, 6.07) is 20.6. The van der Waals surface area contributed by atoms with Crippen LogP contribution >= 0.6 is 22.9 Å². The van der Waals surface area contributed by atoms with Crippen LogP contribution in [-0.2, 0) is 11.2 Å². The number of benzene rings is 2. The zero-order valence-electron chi connectivity index (χ0n) is 17.0. The summed E-state index contributed by atoms with van der Waals surface area (Å²) in [5.41, 5.74) is 2.08. The van der Waals surface area contributed by atoms with Gasteiger partial charge in [0.15, 0.2) is 0 Å². The lowest BCUT2D eigenvalue weighted by Crippen LogP contribution is -2.55. The van der Waals surface area contributed by atoms with Crippen molar-refractivity contribution < 1.29 is 9.59 Å². The van der Waals surface area contributed by atoms with Gasteiger partial charge in [0.25, 0.3) is 5.91 Å². The molecule has 0 aliphatic carbocycles. The Labute approximate surface area is 191 Å². The van der Waals surface area contributed by atoms with Crippen LogP contribution in [0, 0.1) is 0 Å². The first-order valence-electron chi connectivity index (χ1n) is 10.3. The van der Waals surface area contributed by atoms with Crippen molar-refractivity contribution in [2.24, 2.45) is 0 Å². The highest BCUT2D eigenvalue weighted by Gasteiger charge is 2.29. The Morgan fingerprint density at radius 3 is 2.42 bits per heavy atom. The third-order valence-corrected chi connectivity index (χ3v) is 6.50. The molecule has 1 aliphatic rings. The van der Waals surface area contributed by atoms with Crippen LogP contribution < -0.4 is 10.2 Å². The molecule has 0 bridgehead atoms. The predicted octanol–water partition coefficient (Wildman–Crippen LogP) is 4.09. The van der Waals surface area contributed by atoms with Gasteiger partial charge in [0.05, 0.1) is 4.88 Å². The standard InChI is InChI=1S/C24H24ClN3O2S/c25-19-8-4-9-20(17-19)27-11-13-28(14-12-27)24(30)21(16-18-6-2-1-3-7-18)26-23(29)22-10-5-15-31-22/h1-10,15,17,21H,11-14,16H2,(H,26,29)/t21-/m0/s1. The van der Waals surface area contributed by atoms with Crippen molar-refractivity contribution in [2.45, 2.75) is 12.5 Å². The fourth-order valence-corrected chi connectivity index (χ4v) is 4.58. The van der Waals surface area contributed by atoms with E-state index in [0.29, 0.717) is 29.4 Å². The van der Waals surface area contributed by atoms with Gasteiger partial charge in [-0.1, -0.05) is 54.1 Å². The fraction of sp³-hybridized carbons (Fsp3) is 0.250. The third kappa shape index (κ3) is 5.46. The maximum atomic E-state index is 13.4. The first-order valence-corrected chi connectivity index (χ1v) is 11.5. The minimum Gasteiger partial charge on any atom is -0.368 e. The Morgan fingerprint density at radius 2 is 1.74 bits per heavy atom. The maximum Gasteiger partial charge on any atom is 0.262 e. The van der Waals surface area contributed by atoms with Gasteiger partial charge in [0, 0.05) is 43.3 Å². The Hall–Kier alpha value is -2.83. The van der Waals surface area contributed by atoms with Gasteiger partial charge in [-0.3, -0.25) is 9.59 Å². The van der Waals surface area contributed by atoms with Gasteiger partial charge in [-0.15, -0.1) is 11.3 Å². The zero-order chi connectivity index (χ0) is 21.6. The molecule has 5 nitrogen and oxygen atoms in total. The van der Waals surface area contributed by atoms with E-state index in [1.54, 1.807) is 6.07 Å². The van der Waals surface area contributed by atoms with Crippen LogP contribution in [-0.4, -0.2) is 48.9 Å². The molecule has 0 saturated carbocycles. The number of amides is 2. The summed E-state index contributed by atoms with van der Waals surface area (Å²) in [7, 11) is 0. The van der Waals surface area contributed by atoms with E-state index in [1.165, 1.54) is 11.3 Å². The summed E-state index contributed by atoms with van der Waals surface area (Å²) in [5, 5.41) is 5.53. The van der Waals surface area contributed by atoms with Gasteiger partial charge in [-0.05, 0) is 35.2 Å². The molecule has 1 aromatic heterocycles. The molecule has 0 unspecified atom stereocenters. The molecule has 1 saturated heterocycles. The Morgan fingerprint density at radius 1 is 0.968 bits per heavy atom. The summed E-state index contributed by atoms with van der Waals surface area (Å²) in [6.07, 6.45) is 0.464. The summed E-state index contributed by atoms with van der Waals surface area (Å²) >= 11 is 7.49. The largest absolute Gasteiger partial charge is 0.368 e. The molecular formula is C24H24ClN3O2S. The lowest BCUT2D eigenvalue weighted by atomic mass is 10.0. The molecule has 2 heterocycles. The van der Waals surface area contributed by atoms with Crippen LogP contribution in [0.1, 0.15) is 15.2 Å². The van der Waals surface area contributed by atoms with Gasteiger partial charge < -0.3 is 15.1 Å². The first kappa shape index (κ1) is 21.4. The number of nitrogens with zero attached hydrogens (tertiary/aromatic N) is 2. The molecule has 4 rings (SSSR count). The highest BCUT2D eigenvalue weighted by atomic mass is 35.5. The number of hydrogen-bond acceptors (Lipinski definition) is 4. The van der Waals surface area contributed by atoms with Crippen molar-refractivity contribution >= 4 is 40.4 Å². The number of thiophene rings is 1. The number of hydrogen-bond donors (Lipinski definition) is 1. The topological polar surface area (TPSA) is 52.7 Å². The monoisotopic (exact) mass is 453 g/mol. The van der Waals surface area contributed by atoms with Crippen molar-refractivity contribution in [2.75, 3.05) is 31.1 Å². The van der Waals surface area contributed by atoms with Crippen LogP contribution in [0.4, 0.5) is 5.69 Å². The Balaban J connectivity index is 1.44. The molecule has 1 aliphatic heterocycles. The molecule has 0 radical (unpaired) electrons. The van der Waals surface area contributed by atoms with Crippen molar-refractivity contribution in [1.29, 1.82) is 0 Å². The fourth-order valence-electron chi connectivity index (χ4n) is 3.77. The number of carbonyl (C=O) groups is 2. The highest BCUT2D eigenvalue weighted by molar-refractivity contribution is 7.12. The summed E-state index contributed by atoms with van der Waals surface area (Å²) in [5.74, 6) is -0.249. The number of halogens is 1. The second-order valence-corrected chi connectivity index (χ2v) is 8.87. The second kappa shape index (κ2) is 9.98. The van der Waals surface area contributed by atoms with E-state index in [1.807, 2.05) is 70.9 Å². The molecule has 1 fully saturated rings. The van der Waals surface area contributed by atoms with Gasteiger partial charge in [0.1, 0.15) is 6.04 Å². The quantitative estimate of drug-likeness (QED) is 0.611. The summed E-state index contributed by atoms with van der Waals surface area (Å²) in [6.45, 7) is 2.66. The molecule has 2 aromatic carbocycles. The molecule has 3 aromatic rings. The van der Waals surface area contributed by atoms with E-state index in [-0.39, 0.29) is 11.8 Å². The Bertz CT molecular complexity index is 1020.